The summed E-state index contributed by atoms with van der Waals surface area (Å²) < 4.78 is 1.72. The molecule has 0 aliphatic rings. The second kappa shape index (κ2) is 4.35. The molecule has 0 radical (unpaired) electrons. The molecule has 80 valence electrons. The highest BCUT2D eigenvalue weighted by Gasteiger charge is 2.09. The van der Waals surface area contributed by atoms with Gasteiger partial charge in [0.05, 0.1) is 5.69 Å². The quantitative estimate of drug-likeness (QED) is 0.772. The number of nitrogens with one attached hydrogen (secondary N) is 1. The van der Waals surface area contributed by atoms with Gasteiger partial charge in [-0.15, -0.1) is 0 Å². The Labute approximate surface area is 85.5 Å². The van der Waals surface area contributed by atoms with E-state index in [0.717, 1.165) is 12.2 Å². The van der Waals surface area contributed by atoms with Crippen LogP contribution in [0, 0.1) is 5.92 Å². The normalized spacial score (nSPS) is 13.2. The molecule has 0 aromatic carbocycles. The fourth-order valence-corrected chi connectivity index (χ4v) is 1.62. The average molecular weight is 196 g/mol. The number of hydrogen-bond donors (Lipinski definition) is 2. The Bertz CT molecular complexity index is 290. The Morgan fingerprint density at radius 1 is 1.50 bits per heavy atom. The molecule has 0 spiro atoms. The van der Waals surface area contributed by atoms with Crippen LogP contribution in [0.2, 0.25) is 0 Å². The molecular formula is C10H20N4. The van der Waals surface area contributed by atoms with E-state index in [-0.39, 0.29) is 0 Å². The lowest BCUT2D eigenvalue weighted by Crippen LogP contribution is -2.18. The number of rotatable bonds is 4. The molecule has 0 bridgehead atoms. The highest BCUT2D eigenvalue weighted by molar-refractivity contribution is 5.60. The monoisotopic (exact) mass is 196 g/mol. The van der Waals surface area contributed by atoms with E-state index in [1.165, 1.54) is 0 Å². The lowest BCUT2D eigenvalue weighted by Gasteiger charge is -2.15. The third kappa shape index (κ3) is 2.94. The largest absolute Gasteiger partial charge is 0.394 e. The topological polar surface area (TPSA) is 55.9 Å². The highest BCUT2D eigenvalue weighted by atomic mass is 15.3. The number of aromatic nitrogens is 2. The summed E-state index contributed by atoms with van der Waals surface area (Å²) in [5.74, 6) is 1.48. The maximum atomic E-state index is 5.77. The van der Waals surface area contributed by atoms with Crippen molar-refractivity contribution in [2.45, 2.75) is 33.2 Å². The van der Waals surface area contributed by atoms with Gasteiger partial charge in [0.25, 0.3) is 0 Å². The number of aryl methyl sites for hydroxylation is 1. The molecule has 4 heteroatoms. The van der Waals surface area contributed by atoms with Crippen molar-refractivity contribution in [1.82, 2.24) is 9.78 Å². The molecule has 1 unspecified atom stereocenters. The van der Waals surface area contributed by atoms with Gasteiger partial charge in [-0.2, -0.15) is 5.10 Å². The molecule has 0 aliphatic heterocycles. The molecule has 0 amide bonds. The van der Waals surface area contributed by atoms with Crippen molar-refractivity contribution < 1.29 is 0 Å². The third-order valence-corrected chi connectivity index (χ3v) is 2.07. The first kappa shape index (κ1) is 10.9. The molecule has 1 rings (SSSR count). The zero-order chi connectivity index (χ0) is 10.7. The summed E-state index contributed by atoms with van der Waals surface area (Å²) in [7, 11) is 1.87. The lowest BCUT2D eigenvalue weighted by molar-refractivity contribution is 0.538. The van der Waals surface area contributed by atoms with Crippen molar-refractivity contribution in [3.05, 3.63) is 6.20 Å². The molecule has 1 aromatic rings. The van der Waals surface area contributed by atoms with Crippen molar-refractivity contribution in [2.24, 2.45) is 13.0 Å². The Morgan fingerprint density at radius 3 is 2.57 bits per heavy atom. The first-order chi connectivity index (χ1) is 6.49. The van der Waals surface area contributed by atoms with Gasteiger partial charge in [0.2, 0.25) is 0 Å². The Hall–Kier alpha value is -1.19. The van der Waals surface area contributed by atoms with Gasteiger partial charge in [-0.1, -0.05) is 13.8 Å². The Kier molecular flexibility index (Phi) is 3.38. The van der Waals surface area contributed by atoms with Gasteiger partial charge in [-0.3, -0.25) is 4.68 Å². The van der Waals surface area contributed by atoms with Crippen LogP contribution in [0.15, 0.2) is 6.20 Å². The zero-order valence-corrected chi connectivity index (χ0v) is 9.41. The van der Waals surface area contributed by atoms with E-state index in [1.54, 1.807) is 4.68 Å². The maximum Gasteiger partial charge on any atom is 0.171 e. The number of nitrogens with two attached hydrogens (primary N) is 1. The van der Waals surface area contributed by atoms with Crippen LogP contribution in [-0.2, 0) is 7.05 Å². The van der Waals surface area contributed by atoms with Gasteiger partial charge in [-0.25, -0.2) is 0 Å². The molecule has 4 nitrogen and oxygen atoms in total. The van der Waals surface area contributed by atoms with Crippen LogP contribution in [0.1, 0.15) is 27.2 Å². The predicted octanol–water partition coefficient (Wildman–Crippen LogP) is 1.85. The van der Waals surface area contributed by atoms with Gasteiger partial charge < -0.3 is 11.1 Å². The summed E-state index contributed by atoms with van der Waals surface area (Å²) in [5, 5.41) is 7.54. The van der Waals surface area contributed by atoms with E-state index in [2.05, 4.69) is 31.2 Å². The van der Waals surface area contributed by atoms with Crippen LogP contribution in [0.3, 0.4) is 0 Å². The van der Waals surface area contributed by atoms with Gasteiger partial charge in [-0.05, 0) is 19.3 Å². The zero-order valence-electron chi connectivity index (χ0n) is 9.41. The first-order valence-corrected chi connectivity index (χ1v) is 5.04. The Morgan fingerprint density at radius 2 is 2.14 bits per heavy atom. The van der Waals surface area contributed by atoms with Crippen LogP contribution < -0.4 is 11.1 Å². The summed E-state index contributed by atoms with van der Waals surface area (Å²) in [6, 6.07) is 0.409. The van der Waals surface area contributed by atoms with E-state index in [9.17, 15) is 0 Å². The first-order valence-electron chi connectivity index (χ1n) is 5.04. The lowest BCUT2D eigenvalue weighted by atomic mass is 10.1. The molecule has 0 aliphatic carbocycles. The van der Waals surface area contributed by atoms with Crippen LogP contribution in [-0.4, -0.2) is 15.8 Å². The minimum absolute atomic E-state index is 0.409. The van der Waals surface area contributed by atoms with Crippen LogP contribution >= 0.6 is 0 Å². The predicted molar refractivity (Wildman–Crippen MR) is 60.2 cm³/mol. The van der Waals surface area contributed by atoms with Crippen LogP contribution in [0.25, 0.3) is 0 Å². The van der Waals surface area contributed by atoms with Gasteiger partial charge >= 0.3 is 0 Å². The number of hydrogen-bond acceptors (Lipinski definition) is 3. The highest BCUT2D eigenvalue weighted by Crippen LogP contribution is 2.17. The third-order valence-electron chi connectivity index (χ3n) is 2.07. The van der Waals surface area contributed by atoms with Gasteiger partial charge in [0.1, 0.15) is 0 Å². The summed E-state index contributed by atoms with van der Waals surface area (Å²) in [6.07, 6.45) is 2.93. The summed E-state index contributed by atoms with van der Waals surface area (Å²) >= 11 is 0. The maximum absolute atomic E-state index is 5.77. The van der Waals surface area contributed by atoms with Gasteiger partial charge in [0, 0.05) is 19.3 Å². The second-order valence-corrected chi connectivity index (χ2v) is 4.28. The Balaban J connectivity index is 2.55. The molecule has 14 heavy (non-hydrogen) atoms. The minimum Gasteiger partial charge on any atom is -0.394 e. The standard InChI is InChI=1S/C10H20N4/c1-7(2)5-8(3)12-10-9(11)6-14(4)13-10/h6-8H,5,11H2,1-4H3,(H,12,13). The summed E-state index contributed by atoms with van der Waals surface area (Å²) in [5.41, 5.74) is 6.49. The average Bonchev–Trinajstić information content (AvgIpc) is 2.28. The van der Waals surface area contributed by atoms with Crippen molar-refractivity contribution in [2.75, 3.05) is 11.1 Å². The number of anilines is 2. The van der Waals surface area contributed by atoms with Crippen LogP contribution in [0.5, 0.6) is 0 Å². The molecule has 0 saturated heterocycles. The van der Waals surface area contributed by atoms with Gasteiger partial charge in [0.15, 0.2) is 5.82 Å². The molecule has 1 aromatic heterocycles. The van der Waals surface area contributed by atoms with E-state index < -0.39 is 0 Å². The summed E-state index contributed by atoms with van der Waals surface area (Å²) in [6.45, 7) is 6.56. The van der Waals surface area contributed by atoms with Crippen molar-refractivity contribution in [1.29, 1.82) is 0 Å². The molecule has 1 atom stereocenters. The minimum atomic E-state index is 0.409. The molecule has 1 heterocycles. The smallest absolute Gasteiger partial charge is 0.171 e. The second-order valence-electron chi connectivity index (χ2n) is 4.28. The summed E-state index contributed by atoms with van der Waals surface area (Å²) in [4.78, 5) is 0. The van der Waals surface area contributed by atoms with Crippen LogP contribution in [0.4, 0.5) is 11.5 Å². The van der Waals surface area contributed by atoms with E-state index >= 15 is 0 Å². The molecule has 0 fully saturated rings. The molecule has 3 N–H and O–H groups in total. The van der Waals surface area contributed by atoms with E-state index in [1.807, 2.05) is 13.2 Å². The molecule has 0 saturated carbocycles. The van der Waals surface area contributed by atoms with Crippen molar-refractivity contribution in [3.63, 3.8) is 0 Å². The van der Waals surface area contributed by atoms with Crippen molar-refractivity contribution in [3.8, 4) is 0 Å². The van der Waals surface area contributed by atoms with E-state index in [0.29, 0.717) is 17.6 Å². The SMILES string of the molecule is CC(C)CC(C)Nc1nn(C)cc1N. The fraction of sp³-hybridized carbons (Fsp3) is 0.700. The number of nitrogen functional groups attached to an aromatic ring is 1. The fourth-order valence-electron chi connectivity index (χ4n) is 1.62. The molecular weight excluding hydrogens is 176 g/mol. The number of nitrogens with zero attached hydrogens (tertiary/aromatic N) is 2. The van der Waals surface area contributed by atoms with Crippen molar-refractivity contribution >= 4 is 11.5 Å². The van der Waals surface area contributed by atoms with E-state index in [4.69, 9.17) is 5.73 Å².